The Bertz CT molecular complexity index is 892. The van der Waals surface area contributed by atoms with Gasteiger partial charge in [0.2, 0.25) is 11.8 Å². The molecule has 0 fully saturated rings. The fourth-order valence-electron chi connectivity index (χ4n) is 2.49. The quantitative estimate of drug-likeness (QED) is 0.651. The van der Waals surface area contributed by atoms with Gasteiger partial charge in [-0.1, -0.05) is 23.2 Å². The van der Waals surface area contributed by atoms with Gasteiger partial charge in [-0.3, -0.25) is 14.5 Å². The van der Waals surface area contributed by atoms with E-state index < -0.39 is 6.04 Å². The van der Waals surface area contributed by atoms with Crippen molar-refractivity contribution in [2.75, 3.05) is 38.4 Å². The molecule has 0 heterocycles. The molecular weight excluding hydrogens is 417 g/mol. The van der Waals surface area contributed by atoms with E-state index in [4.69, 9.17) is 32.7 Å². The zero-order chi connectivity index (χ0) is 21.6. The highest BCUT2D eigenvalue weighted by molar-refractivity contribution is 6.42. The van der Waals surface area contributed by atoms with Crippen LogP contribution in [0.4, 0.5) is 11.4 Å². The molecule has 0 aliphatic rings. The van der Waals surface area contributed by atoms with Crippen LogP contribution in [0.1, 0.15) is 6.92 Å². The smallest absolute Gasteiger partial charge is 0.241 e. The average Bonchev–Trinajstić information content (AvgIpc) is 2.69. The molecule has 1 unspecified atom stereocenters. The van der Waals surface area contributed by atoms with Gasteiger partial charge in [-0.15, -0.1) is 0 Å². The number of likely N-dealkylation sites (N-methyl/N-ethyl adjacent to an activating group) is 1. The third kappa shape index (κ3) is 6.25. The van der Waals surface area contributed by atoms with E-state index >= 15 is 0 Å². The van der Waals surface area contributed by atoms with Crippen LogP contribution in [0, 0.1) is 0 Å². The predicted molar refractivity (Wildman–Crippen MR) is 115 cm³/mol. The topological polar surface area (TPSA) is 79.9 Å². The molecule has 7 nitrogen and oxygen atoms in total. The van der Waals surface area contributed by atoms with Gasteiger partial charge < -0.3 is 20.1 Å². The summed E-state index contributed by atoms with van der Waals surface area (Å²) in [7, 11) is 4.73. The highest BCUT2D eigenvalue weighted by Gasteiger charge is 2.21. The van der Waals surface area contributed by atoms with Crippen LogP contribution < -0.4 is 20.1 Å². The van der Waals surface area contributed by atoms with Crippen molar-refractivity contribution in [2.24, 2.45) is 0 Å². The van der Waals surface area contributed by atoms with Crippen LogP contribution in [0.25, 0.3) is 0 Å². The lowest BCUT2D eigenvalue weighted by Gasteiger charge is -2.24. The van der Waals surface area contributed by atoms with Gasteiger partial charge in [-0.05, 0) is 44.3 Å². The van der Waals surface area contributed by atoms with Crippen LogP contribution in [0.3, 0.4) is 0 Å². The molecule has 29 heavy (non-hydrogen) atoms. The number of carbonyl (C=O) groups is 2. The fraction of sp³-hybridized carbons (Fsp3) is 0.300. The standard InChI is InChI=1S/C20H23Cl2N3O4/c1-12(20(27)24-17-10-14(28-3)6-8-18(17)29-4)25(2)11-19(26)23-13-5-7-15(21)16(22)9-13/h5-10,12H,11H2,1-4H3,(H,23,26)(H,24,27). The molecule has 1 atom stereocenters. The van der Waals surface area contributed by atoms with Crippen LogP contribution in [-0.2, 0) is 9.59 Å². The lowest BCUT2D eigenvalue weighted by molar-refractivity contribution is -0.122. The third-order valence-electron chi connectivity index (χ3n) is 4.30. The van der Waals surface area contributed by atoms with Crippen molar-refractivity contribution in [3.8, 4) is 11.5 Å². The number of carbonyl (C=O) groups excluding carboxylic acids is 2. The van der Waals surface area contributed by atoms with Crippen LogP contribution >= 0.6 is 23.2 Å². The summed E-state index contributed by atoms with van der Waals surface area (Å²) in [5.41, 5.74) is 1.01. The monoisotopic (exact) mass is 439 g/mol. The number of hydrogen-bond acceptors (Lipinski definition) is 5. The Balaban J connectivity index is 1.98. The summed E-state index contributed by atoms with van der Waals surface area (Å²) in [5.74, 6) is 0.514. The number of nitrogens with one attached hydrogen (secondary N) is 2. The number of rotatable bonds is 8. The SMILES string of the molecule is COc1ccc(OC)c(NC(=O)C(C)N(C)CC(=O)Nc2ccc(Cl)c(Cl)c2)c1. The van der Waals surface area contributed by atoms with E-state index in [2.05, 4.69) is 10.6 Å². The van der Waals surface area contributed by atoms with E-state index in [1.807, 2.05) is 0 Å². The first-order chi connectivity index (χ1) is 13.7. The number of ether oxygens (including phenoxy) is 2. The minimum Gasteiger partial charge on any atom is -0.497 e. The number of methoxy groups -OCH3 is 2. The number of benzene rings is 2. The number of hydrogen-bond donors (Lipinski definition) is 2. The molecule has 156 valence electrons. The highest BCUT2D eigenvalue weighted by atomic mass is 35.5. The van der Waals surface area contributed by atoms with E-state index in [9.17, 15) is 9.59 Å². The Kier molecular flexibility index (Phi) is 8.13. The molecule has 2 amide bonds. The van der Waals surface area contributed by atoms with Gasteiger partial charge in [0.05, 0.1) is 42.5 Å². The molecule has 0 aliphatic carbocycles. The molecule has 9 heteroatoms. The molecule has 0 saturated carbocycles. The lowest BCUT2D eigenvalue weighted by Crippen LogP contribution is -2.43. The van der Waals surface area contributed by atoms with Gasteiger partial charge >= 0.3 is 0 Å². The second-order valence-corrected chi connectivity index (χ2v) is 7.14. The molecule has 0 aliphatic heterocycles. The molecule has 0 saturated heterocycles. The summed E-state index contributed by atoms with van der Waals surface area (Å²) >= 11 is 11.8. The Morgan fingerprint density at radius 1 is 1.03 bits per heavy atom. The van der Waals surface area contributed by atoms with Gasteiger partial charge in [-0.25, -0.2) is 0 Å². The largest absolute Gasteiger partial charge is 0.497 e. The van der Waals surface area contributed by atoms with Crippen molar-refractivity contribution in [1.82, 2.24) is 4.90 Å². The number of nitrogens with zero attached hydrogens (tertiary/aromatic N) is 1. The maximum atomic E-state index is 12.6. The van der Waals surface area contributed by atoms with Crippen molar-refractivity contribution in [3.05, 3.63) is 46.4 Å². The van der Waals surface area contributed by atoms with Gasteiger partial charge in [0.1, 0.15) is 11.5 Å². The predicted octanol–water partition coefficient (Wildman–Crippen LogP) is 3.91. The molecule has 2 rings (SSSR count). The first kappa shape index (κ1) is 22.8. The van der Waals surface area contributed by atoms with Gasteiger partial charge in [0.15, 0.2) is 0 Å². The molecular formula is C20H23Cl2N3O4. The van der Waals surface area contributed by atoms with Crippen molar-refractivity contribution in [1.29, 1.82) is 0 Å². The van der Waals surface area contributed by atoms with Crippen molar-refractivity contribution in [2.45, 2.75) is 13.0 Å². The Hall–Kier alpha value is -2.48. The van der Waals surface area contributed by atoms with Crippen molar-refractivity contribution >= 4 is 46.4 Å². The van der Waals surface area contributed by atoms with E-state index in [1.165, 1.54) is 14.2 Å². The number of halogens is 2. The first-order valence-electron chi connectivity index (χ1n) is 8.73. The summed E-state index contributed by atoms with van der Waals surface area (Å²) in [5, 5.41) is 6.28. The summed E-state index contributed by atoms with van der Waals surface area (Å²) < 4.78 is 10.4. The maximum absolute atomic E-state index is 12.6. The maximum Gasteiger partial charge on any atom is 0.241 e. The Labute approximate surface area is 179 Å². The van der Waals surface area contributed by atoms with E-state index in [1.54, 1.807) is 55.3 Å². The molecule has 0 radical (unpaired) electrons. The minimum absolute atomic E-state index is 0.00405. The lowest BCUT2D eigenvalue weighted by atomic mass is 10.2. The van der Waals surface area contributed by atoms with Gasteiger partial charge in [0, 0.05) is 11.8 Å². The highest BCUT2D eigenvalue weighted by Crippen LogP contribution is 2.29. The molecule has 0 spiro atoms. The van der Waals surface area contributed by atoms with E-state index in [0.29, 0.717) is 32.9 Å². The molecule has 0 aromatic heterocycles. The van der Waals surface area contributed by atoms with Crippen molar-refractivity contribution in [3.63, 3.8) is 0 Å². The summed E-state index contributed by atoms with van der Waals surface area (Å²) in [6.45, 7) is 1.71. The fourth-order valence-corrected chi connectivity index (χ4v) is 2.79. The van der Waals surface area contributed by atoms with Crippen LogP contribution in [0.15, 0.2) is 36.4 Å². The second-order valence-electron chi connectivity index (χ2n) is 6.32. The average molecular weight is 440 g/mol. The number of anilines is 2. The summed E-state index contributed by atoms with van der Waals surface area (Å²) in [6, 6.07) is 9.33. The second kappa shape index (κ2) is 10.3. The van der Waals surface area contributed by atoms with Crippen LogP contribution in [0.5, 0.6) is 11.5 Å². The summed E-state index contributed by atoms with van der Waals surface area (Å²) in [4.78, 5) is 26.5. The molecule has 0 bridgehead atoms. The molecule has 2 aromatic rings. The normalized spacial score (nSPS) is 11.7. The van der Waals surface area contributed by atoms with E-state index in [-0.39, 0.29) is 18.4 Å². The van der Waals surface area contributed by atoms with Crippen molar-refractivity contribution < 1.29 is 19.1 Å². The minimum atomic E-state index is -0.578. The molecule has 2 N–H and O–H groups in total. The zero-order valence-electron chi connectivity index (χ0n) is 16.6. The summed E-state index contributed by atoms with van der Waals surface area (Å²) in [6.07, 6.45) is 0. The van der Waals surface area contributed by atoms with Gasteiger partial charge in [0.25, 0.3) is 0 Å². The van der Waals surface area contributed by atoms with Crippen LogP contribution in [0.2, 0.25) is 10.0 Å². The third-order valence-corrected chi connectivity index (χ3v) is 5.04. The van der Waals surface area contributed by atoms with Gasteiger partial charge in [-0.2, -0.15) is 0 Å². The molecule has 2 aromatic carbocycles. The van der Waals surface area contributed by atoms with Crippen LogP contribution in [-0.4, -0.2) is 50.6 Å². The number of amides is 2. The van der Waals surface area contributed by atoms with E-state index in [0.717, 1.165) is 0 Å². The first-order valence-corrected chi connectivity index (χ1v) is 9.48. The Morgan fingerprint density at radius 3 is 2.38 bits per heavy atom. The Morgan fingerprint density at radius 2 is 1.76 bits per heavy atom. The zero-order valence-corrected chi connectivity index (χ0v) is 18.1.